The maximum atomic E-state index is 13.1. The number of ether oxygens (including phenoxy) is 1. The molecule has 4 atom stereocenters. The molecular formula is C66H85ClF3N5O10. The molecule has 9 rings (SSSR count). The van der Waals surface area contributed by atoms with Crippen molar-refractivity contribution >= 4 is 23.5 Å². The molecule has 15 nitrogen and oxygen atoms in total. The molecule has 1 aromatic heterocycles. The number of methoxy groups -OCH3 is 1. The van der Waals surface area contributed by atoms with Gasteiger partial charge >= 0.3 is 12.1 Å². The van der Waals surface area contributed by atoms with Crippen molar-refractivity contribution in [3.05, 3.63) is 195 Å². The Morgan fingerprint density at radius 1 is 0.612 bits per heavy atom. The highest BCUT2D eigenvalue weighted by atomic mass is 35.5. The van der Waals surface area contributed by atoms with Crippen LogP contribution in [-0.4, -0.2) is 95.2 Å². The first kappa shape index (κ1) is 68.2. The molecule has 1 amide bonds. The van der Waals surface area contributed by atoms with Crippen LogP contribution >= 0.6 is 11.6 Å². The van der Waals surface area contributed by atoms with Gasteiger partial charge in [0, 0.05) is 19.3 Å². The average molecular weight is 1200 g/mol. The third kappa shape index (κ3) is 18.1. The van der Waals surface area contributed by atoms with Crippen molar-refractivity contribution in [3.63, 3.8) is 0 Å². The van der Waals surface area contributed by atoms with Gasteiger partial charge in [0.2, 0.25) is 0 Å². The number of aliphatic hydroxyl groups excluding tert-OH is 3. The van der Waals surface area contributed by atoms with Crippen LogP contribution in [-0.2, 0) is 30.7 Å². The van der Waals surface area contributed by atoms with Crippen LogP contribution in [0.4, 0.5) is 13.2 Å². The van der Waals surface area contributed by atoms with Gasteiger partial charge in [-0.15, -0.1) is 13.2 Å². The molecule has 1 heterocycles. The Bertz CT molecular complexity index is 2960. The number of rotatable bonds is 20. The number of halogens is 4. The smallest absolute Gasteiger partial charge is 0.417 e. The summed E-state index contributed by atoms with van der Waals surface area (Å²) in [6.45, 7) is 8.52. The lowest BCUT2D eigenvalue weighted by molar-refractivity contribution is -0.137. The van der Waals surface area contributed by atoms with Crippen LogP contribution in [0.5, 0.6) is 0 Å². The van der Waals surface area contributed by atoms with E-state index >= 15 is 0 Å². The van der Waals surface area contributed by atoms with Gasteiger partial charge in [-0.3, -0.25) is 4.79 Å². The van der Waals surface area contributed by atoms with Crippen molar-refractivity contribution in [2.24, 2.45) is 5.73 Å². The van der Waals surface area contributed by atoms with Crippen LogP contribution in [0.2, 0.25) is 5.02 Å². The highest BCUT2D eigenvalue weighted by molar-refractivity contribution is 6.34. The first-order chi connectivity index (χ1) is 40.6. The number of nitrogens with zero attached hydrogens (tertiary/aromatic N) is 1. The van der Waals surface area contributed by atoms with Gasteiger partial charge in [-0.05, 0) is 109 Å². The molecule has 4 aromatic carbocycles. The maximum absolute atomic E-state index is 13.1. The number of hydrogen-bond donors (Lipinski definition) is 11. The van der Waals surface area contributed by atoms with E-state index in [4.69, 9.17) is 27.2 Å². The number of nitrogens with one attached hydrogen (secondary N) is 3. The molecule has 12 N–H and O–H groups in total. The molecule has 0 radical (unpaired) electrons. The molecule has 4 saturated carbocycles. The van der Waals surface area contributed by atoms with E-state index in [-0.39, 0.29) is 43.9 Å². The predicted molar refractivity (Wildman–Crippen MR) is 322 cm³/mol. The molecule has 4 aliphatic rings. The van der Waals surface area contributed by atoms with E-state index in [1.54, 1.807) is 48.6 Å². The minimum absolute atomic E-state index is 0.0129. The minimum atomic E-state index is -4.73. The highest BCUT2D eigenvalue weighted by Gasteiger charge is 2.44. The van der Waals surface area contributed by atoms with Gasteiger partial charge in [-0.25, -0.2) is 9.78 Å². The van der Waals surface area contributed by atoms with E-state index < -0.39 is 56.8 Å². The van der Waals surface area contributed by atoms with Crippen molar-refractivity contribution in [2.45, 2.75) is 175 Å². The second-order valence-corrected chi connectivity index (χ2v) is 23.1. The standard InChI is InChI=1S/C20H20ClF3N2O3.C17H23NO3.C16H23NO2.C13H19NO2/c21-15-14(20(22,23)24)6-9-25-16(15)18(28)26-17(19(29)7-1-2-8-19)13-5-3-4-12(10-13)11-27;1-3-11-18-15(17(20)9-4-5-10-17)13-7-6-8-14(12-13)16(19)21-2;1-2-10-17-15(16(19)8-3-4-9-16)14-7-5-6-13(11-14)12-18;14-12(13(16)6-1-2-7-13)11-5-3-4-10(8-11)9-15/h3-6,9-10,17,27,29H,1-2,7-8,11H2,(H,26,28);3,6-8,12,15,18,20H,1,4-5,9-11H2,2H3;2,5-7,11,15,17-19H,1,3-4,8-10,12H2;3-5,8,12,15-16H,1-2,6-7,9,14H2. The van der Waals surface area contributed by atoms with Gasteiger partial charge in [0.15, 0.2) is 0 Å². The van der Waals surface area contributed by atoms with Gasteiger partial charge < -0.3 is 62.2 Å². The van der Waals surface area contributed by atoms with Crippen molar-refractivity contribution in [3.8, 4) is 0 Å². The van der Waals surface area contributed by atoms with Gasteiger partial charge in [-0.2, -0.15) is 13.2 Å². The summed E-state index contributed by atoms with van der Waals surface area (Å²) in [7, 11) is 1.37. The van der Waals surface area contributed by atoms with E-state index in [1.807, 2.05) is 60.7 Å². The molecule has 4 fully saturated rings. The molecule has 4 aliphatic carbocycles. The fraction of sp³-hybridized carbons (Fsp3) is 0.470. The third-order valence-corrected chi connectivity index (χ3v) is 17.1. The Kier molecular flexibility index (Phi) is 25.4. The van der Waals surface area contributed by atoms with E-state index in [1.165, 1.54) is 7.11 Å². The fourth-order valence-corrected chi connectivity index (χ4v) is 12.5. The first-order valence-corrected chi connectivity index (χ1v) is 29.6. The maximum Gasteiger partial charge on any atom is 0.417 e. The topological polar surface area (TPSA) is 260 Å². The molecule has 0 bridgehead atoms. The number of carbonyl (C=O) groups excluding carboxylic acids is 2. The molecule has 0 aliphatic heterocycles. The Hall–Kier alpha value is -5.87. The lowest BCUT2D eigenvalue weighted by Crippen LogP contribution is -2.44. The molecule has 0 saturated heterocycles. The van der Waals surface area contributed by atoms with Crippen LogP contribution in [0.3, 0.4) is 0 Å². The number of benzene rings is 4. The van der Waals surface area contributed by atoms with Crippen LogP contribution < -0.4 is 21.7 Å². The van der Waals surface area contributed by atoms with Crippen molar-refractivity contribution in [1.82, 2.24) is 20.9 Å². The Morgan fingerprint density at radius 3 is 1.40 bits per heavy atom. The zero-order valence-corrected chi connectivity index (χ0v) is 49.3. The Morgan fingerprint density at radius 2 is 0.988 bits per heavy atom. The van der Waals surface area contributed by atoms with Crippen molar-refractivity contribution in [1.29, 1.82) is 0 Å². The molecule has 5 aromatic rings. The second-order valence-electron chi connectivity index (χ2n) is 22.7. The zero-order valence-electron chi connectivity index (χ0n) is 48.5. The Balaban J connectivity index is 0.000000186. The predicted octanol–water partition coefficient (Wildman–Crippen LogP) is 10.4. The van der Waals surface area contributed by atoms with E-state index in [0.29, 0.717) is 48.7 Å². The average Bonchev–Trinajstić information content (AvgIpc) is 4.26. The molecule has 0 spiro atoms. The van der Waals surface area contributed by atoms with Crippen molar-refractivity contribution < 1.29 is 63.2 Å². The lowest BCUT2D eigenvalue weighted by Gasteiger charge is -2.34. The Labute approximate surface area is 502 Å². The van der Waals surface area contributed by atoms with Crippen LogP contribution in [0.15, 0.2) is 135 Å². The number of hydrogen-bond acceptors (Lipinski definition) is 14. The van der Waals surface area contributed by atoms with E-state index in [0.717, 1.165) is 124 Å². The third-order valence-electron chi connectivity index (χ3n) is 16.8. The zero-order chi connectivity index (χ0) is 61.8. The van der Waals surface area contributed by atoms with Gasteiger partial charge in [0.1, 0.15) is 5.69 Å². The lowest BCUT2D eigenvalue weighted by atomic mass is 9.86. The molecule has 19 heteroatoms. The number of amides is 1. The number of alkyl halides is 3. The minimum Gasteiger partial charge on any atom is -0.465 e. The molecule has 462 valence electrons. The largest absolute Gasteiger partial charge is 0.465 e. The number of nitrogens with two attached hydrogens (primary N) is 1. The highest BCUT2D eigenvalue weighted by Crippen LogP contribution is 2.44. The van der Waals surface area contributed by atoms with Gasteiger partial charge in [-0.1, -0.05) is 160 Å². The van der Waals surface area contributed by atoms with Crippen LogP contribution in [0.25, 0.3) is 0 Å². The molecule has 4 unspecified atom stereocenters. The van der Waals surface area contributed by atoms with E-state index in [9.17, 15) is 53.4 Å². The summed E-state index contributed by atoms with van der Waals surface area (Å²) in [5, 5.41) is 79.5. The summed E-state index contributed by atoms with van der Waals surface area (Å²) in [6.07, 6.45) is 13.1. The summed E-state index contributed by atoms with van der Waals surface area (Å²) in [5.41, 5.74) is 7.14. The second kappa shape index (κ2) is 31.7. The quantitative estimate of drug-likeness (QED) is 0.0256. The number of aromatic nitrogens is 1. The monoisotopic (exact) mass is 1200 g/mol. The van der Waals surface area contributed by atoms with E-state index in [2.05, 4.69) is 34.1 Å². The summed E-state index contributed by atoms with van der Waals surface area (Å²) in [4.78, 5) is 28.2. The van der Waals surface area contributed by atoms with Crippen LogP contribution in [0.1, 0.15) is 192 Å². The SMILES string of the molecule is C=CCNC(c1cccc(C(=O)OC)c1)C1(O)CCCC1.C=CCNC(c1cccc(CO)c1)C1(O)CCCC1.NC(c1cccc(CO)c1)C1(O)CCCC1.O=C(NC(c1cccc(CO)c1)C1(O)CCCC1)c1nccc(C(F)(F)F)c1Cl. The summed E-state index contributed by atoms with van der Waals surface area (Å²) < 4.78 is 44.1. The normalized spacial score (nSPS) is 18.6. The number of aliphatic hydroxyl groups is 7. The number of pyridine rings is 1. The summed E-state index contributed by atoms with van der Waals surface area (Å²) in [6, 6.07) is 28.4. The van der Waals surface area contributed by atoms with Gasteiger partial charge in [0.05, 0.1) is 89.7 Å². The number of esters is 1. The summed E-state index contributed by atoms with van der Waals surface area (Å²) >= 11 is 5.82. The number of carbonyl (C=O) groups is 2. The first-order valence-electron chi connectivity index (χ1n) is 29.2. The molecule has 85 heavy (non-hydrogen) atoms. The summed E-state index contributed by atoms with van der Waals surface area (Å²) in [5.74, 6) is -1.28. The van der Waals surface area contributed by atoms with Crippen molar-refractivity contribution in [2.75, 3.05) is 20.2 Å². The van der Waals surface area contributed by atoms with Crippen LogP contribution in [0, 0.1) is 0 Å². The van der Waals surface area contributed by atoms with Gasteiger partial charge in [0.25, 0.3) is 5.91 Å². The fourth-order valence-electron chi connectivity index (χ4n) is 12.2. The molecular weight excluding hydrogens is 1120 g/mol.